The molecule has 0 unspecified atom stereocenters. The van der Waals surface area contributed by atoms with Gasteiger partial charge in [-0.1, -0.05) is 26.0 Å². The number of benzene rings is 1. The highest BCUT2D eigenvalue weighted by Crippen LogP contribution is 2.14. The first-order valence-corrected chi connectivity index (χ1v) is 6.02. The molecule has 0 radical (unpaired) electrons. The number of ether oxygens (including phenoxy) is 2. The van der Waals surface area contributed by atoms with Gasteiger partial charge < -0.3 is 14.8 Å². The van der Waals surface area contributed by atoms with Crippen molar-refractivity contribution in [2.24, 2.45) is 0 Å². The third-order valence-electron chi connectivity index (χ3n) is 2.79. The van der Waals surface area contributed by atoms with E-state index < -0.39 is 6.29 Å². The van der Waals surface area contributed by atoms with Crippen LogP contribution in [-0.4, -0.2) is 33.0 Å². The summed E-state index contributed by atoms with van der Waals surface area (Å²) in [5, 5.41) is 2.76. The molecule has 1 N–H and O–H groups in total. The molecule has 0 aliphatic rings. The number of carbonyl (C=O) groups excluding carboxylic acids is 1. The van der Waals surface area contributed by atoms with E-state index in [1.54, 1.807) is 0 Å². The second-order valence-electron chi connectivity index (χ2n) is 4.39. The standard InChI is InChI=1S/C14H21NO3/c1-10(2)11-5-7-12(8-6-11)14(16)15-9-13(17-3)18-4/h5-8,10,13H,9H2,1-4H3,(H,15,16). The first-order chi connectivity index (χ1) is 8.58. The van der Waals surface area contributed by atoms with Crippen LogP contribution in [0.5, 0.6) is 0 Å². The maximum Gasteiger partial charge on any atom is 0.251 e. The minimum absolute atomic E-state index is 0.121. The number of hydrogen-bond donors (Lipinski definition) is 1. The molecule has 0 aliphatic heterocycles. The Morgan fingerprint density at radius 3 is 2.17 bits per heavy atom. The van der Waals surface area contributed by atoms with Crippen LogP contribution in [0.3, 0.4) is 0 Å². The molecular weight excluding hydrogens is 230 g/mol. The molecular formula is C14H21NO3. The van der Waals surface area contributed by atoms with Crippen LogP contribution in [0.15, 0.2) is 24.3 Å². The summed E-state index contributed by atoms with van der Waals surface area (Å²) in [5.74, 6) is 0.345. The molecule has 0 aliphatic carbocycles. The molecule has 18 heavy (non-hydrogen) atoms. The van der Waals surface area contributed by atoms with Gasteiger partial charge in [-0.15, -0.1) is 0 Å². The van der Waals surface area contributed by atoms with Gasteiger partial charge in [0.15, 0.2) is 6.29 Å². The Labute approximate surface area is 108 Å². The van der Waals surface area contributed by atoms with Gasteiger partial charge in [-0.2, -0.15) is 0 Å². The van der Waals surface area contributed by atoms with Crippen molar-refractivity contribution >= 4 is 5.91 Å². The molecule has 0 bridgehead atoms. The molecule has 0 atom stereocenters. The zero-order valence-corrected chi connectivity index (χ0v) is 11.4. The van der Waals surface area contributed by atoms with E-state index in [1.807, 2.05) is 24.3 Å². The van der Waals surface area contributed by atoms with Crippen molar-refractivity contribution in [1.29, 1.82) is 0 Å². The van der Waals surface area contributed by atoms with Gasteiger partial charge in [0.25, 0.3) is 5.91 Å². The van der Waals surface area contributed by atoms with Crippen LogP contribution >= 0.6 is 0 Å². The van der Waals surface area contributed by atoms with E-state index in [9.17, 15) is 4.79 Å². The highest BCUT2D eigenvalue weighted by Gasteiger charge is 2.10. The highest BCUT2D eigenvalue weighted by molar-refractivity contribution is 5.94. The predicted octanol–water partition coefficient (Wildman–Crippen LogP) is 2.16. The van der Waals surface area contributed by atoms with Crippen LogP contribution in [0.2, 0.25) is 0 Å². The molecule has 0 saturated heterocycles. The van der Waals surface area contributed by atoms with E-state index >= 15 is 0 Å². The van der Waals surface area contributed by atoms with Gasteiger partial charge in [0, 0.05) is 19.8 Å². The lowest BCUT2D eigenvalue weighted by atomic mass is 10.0. The largest absolute Gasteiger partial charge is 0.354 e. The van der Waals surface area contributed by atoms with Gasteiger partial charge in [-0.05, 0) is 23.6 Å². The molecule has 1 aromatic rings. The molecule has 1 amide bonds. The Morgan fingerprint density at radius 2 is 1.72 bits per heavy atom. The molecule has 4 nitrogen and oxygen atoms in total. The Kier molecular flexibility index (Phi) is 5.82. The normalized spacial score (nSPS) is 11.0. The molecule has 0 spiro atoms. The van der Waals surface area contributed by atoms with Crippen LogP contribution in [0.25, 0.3) is 0 Å². The second kappa shape index (κ2) is 7.13. The summed E-state index contributed by atoms with van der Waals surface area (Å²) >= 11 is 0. The fourth-order valence-electron chi connectivity index (χ4n) is 1.56. The molecule has 1 aromatic carbocycles. The highest BCUT2D eigenvalue weighted by atomic mass is 16.7. The smallest absolute Gasteiger partial charge is 0.251 e. The molecule has 0 fully saturated rings. The van der Waals surface area contributed by atoms with E-state index in [-0.39, 0.29) is 5.91 Å². The molecule has 100 valence electrons. The zero-order chi connectivity index (χ0) is 13.5. The van der Waals surface area contributed by atoms with Crippen molar-refractivity contribution < 1.29 is 14.3 Å². The average molecular weight is 251 g/mol. The number of carbonyl (C=O) groups is 1. The number of amides is 1. The quantitative estimate of drug-likeness (QED) is 0.788. The summed E-state index contributed by atoms with van der Waals surface area (Å²) in [6, 6.07) is 7.62. The van der Waals surface area contributed by atoms with Crippen molar-refractivity contribution in [2.45, 2.75) is 26.1 Å². The summed E-state index contributed by atoms with van der Waals surface area (Å²) in [4.78, 5) is 11.8. The predicted molar refractivity (Wildman–Crippen MR) is 70.7 cm³/mol. The minimum Gasteiger partial charge on any atom is -0.354 e. The fourth-order valence-corrected chi connectivity index (χ4v) is 1.56. The second-order valence-corrected chi connectivity index (χ2v) is 4.39. The molecule has 0 heterocycles. The Hall–Kier alpha value is -1.39. The van der Waals surface area contributed by atoms with Crippen LogP contribution in [0, 0.1) is 0 Å². The fraction of sp³-hybridized carbons (Fsp3) is 0.500. The lowest BCUT2D eigenvalue weighted by Crippen LogP contribution is -2.34. The Bertz CT molecular complexity index is 369. The van der Waals surface area contributed by atoms with E-state index in [2.05, 4.69) is 19.2 Å². The lowest BCUT2D eigenvalue weighted by molar-refractivity contribution is -0.0974. The van der Waals surface area contributed by atoms with Crippen LogP contribution in [0.4, 0.5) is 0 Å². The first-order valence-electron chi connectivity index (χ1n) is 6.02. The lowest BCUT2D eigenvalue weighted by Gasteiger charge is -2.14. The van der Waals surface area contributed by atoms with Crippen molar-refractivity contribution in [3.05, 3.63) is 35.4 Å². The molecule has 0 aromatic heterocycles. The third kappa shape index (κ3) is 4.13. The van der Waals surface area contributed by atoms with Crippen molar-refractivity contribution in [2.75, 3.05) is 20.8 Å². The van der Waals surface area contributed by atoms with Gasteiger partial charge in [-0.25, -0.2) is 0 Å². The van der Waals surface area contributed by atoms with Gasteiger partial charge in [-0.3, -0.25) is 4.79 Å². The maximum atomic E-state index is 11.8. The zero-order valence-electron chi connectivity index (χ0n) is 11.4. The number of hydrogen-bond acceptors (Lipinski definition) is 3. The van der Waals surface area contributed by atoms with E-state index in [4.69, 9.17) is 9.47 Å². The topological polar surface area (TPSA) is 47.6 Å². The van der Waals surface area contributed by atoms with Crippen molar-refractivity contribution in [3.63, 3.8) is 0 Å². The molecule has 4 heteroatoms. The number of rotatable bonds is 6. The average Bonchev–Trinajstić information content (AvgIpc) is 2.39. The first kappa shape index (κ1) is 14.7. The van der Waals surface area contributed by atoms with Crippen LogP contribution in [-0.2, 0) is 9.47 Å². The Balaban J connectivity index is 2.56. The molecule has 1 rings (SSSR count). The minimum atomic E-state index is -0.413. The van der Waals surface area contributed by atoms with E-state index in [1.165, 1.54) is 19.8 Å². The summed E-state index contributed by atoms with van der Waals surface area (Å²) in [5.41, 5.74) is 1.86. The van der Waals surface area contributed by atoms with E-state index in [0.717, 1.165) is 0 Å². The van der Waals surface area contributed by atoms with Crippen molar-refractivity contribution in [1.82, 2.24) is 5.32 Å². The van der Waals surface area contributed by atoms with Gasteiger partial charge in [0.1, 0.15) is 0 Å². The maximum absolute atomic E-state index is 11.8. The number of methoxy groups -OCH3 is 2. The van der Waals surface area contributed by atoms with Gasteiger partial charge >= 0.3 is 0 Å². The van der Waals surface area contributed by atoms with Gasteiger partial charge in [0.2, 0.25) is 0 Å². The van der Waals surface area contributed by atoms with Crippen LogP contribution < -0.4 is 5.32 Å². The van der Waals surface area contributed by atoms with Crippen LogP contribution in [0.1, 0.15) is 35.7 Å². The monoisotopic (exact) mass is 251 g/mol. The molecule has 0 saturated carbocycles. The summed E-state index contributed by atoms with van der Waals surface area (Å²) in [6.45, 7) is 4.57. The SMILES string of the molecule is COC(CNC(=O)c1ccc(C(C)C)cc1)OC. The summed E-state index contributed by atoms with van der Waals surface area (Å²) in [6.07, 6.45) is -0.413. The summed E-state index contributed by atoms with van der Waals surface area (Å²) < 4.78 is 10.00. The Morgan fingerprint density at radius 1 is 1.17 bits per heavy atom. The van der Waals surface area contributed by atoms with Gasteiger partial charge in [0.05, 0.1) is 6.54 Å². The van der Waals surface area contributed by atoms with Crippen molar-refractivity contribution in [3.8, 4) is 0 Å². The number of nitrogens with one attached hydrogen (secondary N) is 1. The van der Waals surface area contributed by atoms with E-state index in [0.29, 0.717) is 18.0 Å². The third-order valence-corrected chi connectivity index (χ3v) is 2.79. The summed E-state index contributed by atoms with van der Waals surface area (Å²) in [7, 11) is 3.08.